The molecule has 3 aromatic rings. The van der Waals surface area contributed by atoms with Crippen molar-refractivity contribution in [3.05, 3.63) is 98.0 Å². The molecule has 0 saturated heterocycles. The molecule has 0 spiro atoms. The zero-order valence-electron chi connectivity index (χ0n) is 18.2. The highest BCUT2D eigenvalue weighted by Gasteiger charge is 2.34. The van der Waals surface area contributed by atoms with E-state index in [9.17, 15) is 9.59 Å². The lowest BCUT2D eigenvalue weighted by molar-refractivity contribution is -0.152. The Morgan fingerprint density at radius 3 is 2.51 bits per heavy atom. The third kappa shape index (κ3) is 6.18. The van der Waals surface area contributed by atoms with Gasteiger partial charge in [-0.1, -0.05) is 59.1 Å². The average molecular weight is 537 g/mol. The first kappa shape index (κ1) is 25.1. The Kier molecular flexibility index (Phi) is 8.03. The van der Waals surface area contributed by atoms with E-state index in [0.29, 0.717) is 44.9 Å². The van der Waals surface area contributed by atoms with Gasteiger partial charge >= 0.3 is 12.1 Å². The van der Waals surface area contributed by atoms with Gasteiger partial charge in [0, 0.05) is 32.7 Å². The molecule has 1 unspecified atom stereocenters. The molecule has 0 bridgehead atoms. The van der Waals surface area contributed by atoms with Gasteiger partial charge in [0.2, 0.25) is 0 Å². The number of carboxylic acid groups (broad SMARTS) is 1. The summed E-state index contributed by atoms with van der Waals surface area (Å²) in [6.45, 7) is -0.302. The Balaban J connectivity index is 1.61. The average Bonchev–Trinajstić information content (AvgIpc) is 2.83. The van der Waals surface area contributed by atoms with Crippen molar-refractivity contribution in [2.24, 2.45) is 0 Å². The Morgan fingerprint density at radius 1 is 0.971 bits per heavy atom. The van der Waals surface area contributed by atoms with Gasteiger partial charge in [0.05, 0.1) is 6.04 Å². The molecule has 1 atom stereocenters. The van der Waals surface area contributed by atoms with Crippen molar-refractivity contribution in [2.75, 3.05) is 13.2 Å². The number of fused-ring (bicyclic) bond motifs is 1. The molecule has 35 heavy (non-hydrogen) atoms. The summed E-state index contributed by atoms with van der Waals surface area (Å²) in [4.78, 5) is 29.4. The van der Waals surface area contributed by atoms with Crippen molar-refractivity contribution in [3.8, 4) is 5.75 Å². The van der Waals surface area contributed by atoms with Crippen LogP contribution in [0.25, 0.3) is 0 Å². The summed E-state index contributed by atoms with van der Waals surface area (Å²) in [6, 6.07) is 16.8. The highest BCUT2D eigenvalue weighted by molar-refractivity contribution is 6.33. The van der Waals surface area contributed by atoms with Gasteiger partial charge in [0.25, 0.3) is 0 Å². The minimum absolute atomic E-state index is 0.128. The van der Waals surface area contributed by atoms with Gasteiger partial charge in [0.15, 0.2) is 6.61 Å². The van der Waals surface area contributed by atoms with E-state index < -0.39 is 24.8 Å². The first-order valence-electron chi connectivity index (χ1n) is 10.6. The third-order valence-corrected chi connectivity index (χ3v) is 6.24. The molecular formula is C25H20Cl3NO6. The summed E-state index contributed by atoms with van der Waals surface area (Å²) in [5.74, 6) is -0.808. The zero-order chi connectivity index (χ0) is 24.9. The number of hydrogen-bond acceptors (Lipinski definition) is 6. The first-order chi connectivity index (χ1) is 16.8. The van der Waals surface area contributed by atoms with Gasteiger partial charge in [0.1, 0.15) is 12.4 Å². The molecule has 0 amide bonds. The molecular weight excluding hydrogens is 517 g/mol. The molecule has 0 saturated carbocycles. The van der Waals surface area contributed by atoms with E-state index in [4.69, 9.17) is 54.2 Å². The van der Waals surface area contributed by atoms with E-state index in [2.05, 4.69) is 0 Å². The maximum atomic E-state index is 12.6. The second kappa shape index (κ2) is 11.2. The van der Waals surface area contributed by atoms with Gasteiger partial charge in [-0.05, 0) is 53.9 Å². The van der Waals surface area contributed by atoms with Crippen LogP contribution in [0.3, 0.4) is 0 Å². The highest BCUT2D eigenvalue weighted by Crippen LogP contribution is 2.40. The molecule has 1 aliphatic heterocycles. The highest BCUT2D eigenvalue weighted by atomic mass is 35.5. The second-order valence-electron chi connectivity index (χ2n) is 7.72. The summed E-state index contributed by atoms with van der Waals surface area (Å²) < 4.78 is 10.8. The monoisotopic (exact) mass is 535 g/mol. The minimum Gasteiger partial charge on any atom is -0.482 e. The first-order valence-corrected chi connectivity index (χ1v) is 11.7. The predicted molar refractivity (Wildman–Crippen MR) is 131 cm³/mol. The normalized spacial score (nSPS) is 15.2. The Labute approximate surface area is 216 Å². The number of carboxylic acids is 1. The van der Waals surface area contributed by atoms with E-state index in [1.54, 1.807) is 36.4 Å². The van der Waals surface area contributed by atoms with E-state index in [-0.39, 0.29) is 6.61 Å². The number of rotatable bonds is 7. The topological polar surface area (TPSA) is 85.3 Å². The predicted octanol–water partition coefficient (Wildman–Crippen LogP) is 6.33. The standard InChI is InChI=1S/C25H20Cl3NO6/c26-17-5-7-21(28)16(11-17)13-34-25(32)35-29-10-9-15-3-1-2-4-19(15)24(29)20-12-18(27)6-8-22(20)33-14-23(30)31/h1-8,11-12,24H,9-10,13-14H2,(H,30,31). The van der Waals surface area contributed by atoms with Gasteiger partial charge < -0.3 is 19.4 Å². The second-order valence-corrected chi connectivity index (χ2v) is 9.00. The quantitative estimate of drug-likeness (QED) is 0.353. The van der Waals surface area contributed by atoms with Crippen LogP contribution in [0.15, 0.2) is 60.7 Å². The number of carbonyl (C=O) groups excluding carboxylic acids is 1. The lowest BCUT2D eigenvalue weighted by atomic mass is 9.89. The van der Waals surface area contributed by atoms with Crippen molar-refractivity contribution in [1.82, 2.24) is 5.06 Å². The number of ether oxygens (including phenoxy) is 2. The third-order valence-electron chi connectivity index (χ3n) is 5.40. The summed E-state index contributed by atoms with van der Waals surface area (Å²) in [5.41, 5.74) is 3.01. The van der Waals surface area contributed by atoms with Crippen molar-refractivity contribution in [1.29, 1.82) is 0 Å². The summed E-state index contributed by atoms with van der Waals surface area (Å²) >= 11 is 18.4. The molecule has 1 heterocycles. The Bertz CT molecular complexity index is 1250. The summed E-state index contributed by atoms with van der Waals surface area (Å²) in [7, 11) is 0. The fourth-order valence-corrected chi connectivity index (χ4v) is 4.43. The molecule has 4 rings (SSSR count). The van der Waals surface area contributed by atoms with Crippen LogP contribution < -0.4 is 4.74 Å². The van der Waals surface area contributed by atoms with Crippen molar-refractivity contribution >= 4 is 46.9 Å². The SMILES string of the molecule is O=C(O)COc1ccc(Cl)cc1C1c2ccccc2CCN1OC(=O)OCc1cc(Cl)ccc1Cl. The summed E-state index contributed by atoms with van der Waals surface area (Å²) in [6.07, 6.45) is -0.313. The Morgan fingerprint density at radius 2 is 1.71 bits per heavy atom. The van der Waals surface area contributed by atoms with E-state index in [1.165, 1.54) is 5.06 Å². The largest absolute Gasteiger partial charge is 0.528 e. The summed E-state index contributed by atoms with van der Waals surface area (Å²) in [5, 5.41) is 11.9. The molecule has 0 aromatic heterocycles. The number of hydroxylamine groups is 2. The molecule has 0 radical (unpaired) electrons. The van der Waals surface area contributed by atoms with Crippen molar-refractivity contribution in [2.45, 2.75) is 19.1 Å². The molecule has 7 nitrogen and oxygen atoms in total. The number of carbonyl (C=O) groups is 2. The van der Waals surface area contributed by atoms with Gasteiger partial charge in [-0.2, -0.15) is 0 Å². The van der Waals surface area contributed by atoms with E-state index in [0.717, 1.165) is 11.1 Å². The van der Waals surface area contributed by atoms with Crippen LogP contribution in [0.5, 0.6) is 5.75 Å². The van der Waals surface area contributed by atoms with Crippen LogP contribution in [0.2, 0.25) is 15.1 Å². The fourth-order valence-electron chi connectivity index (χ4n) is 3.88. The molecule has 0 fully saturated rings. The van der Waals surface area contributed by atoms with Gasteiger partial charge in [-0.3, -0.25) is 0 Å². The fraction of sp³-hybridized carbons (Fsp3) is 0.200. The smallest absolute Gasteiger partial charge is 0.482 e. The minimum atomic E-state index is -1.12. The lowest BCUT2D eigenvalue weighted by Gasteiger charge is -2.36. The molecule has 3 aromatic carbocycles. The van der Waals surface area contributed by atoms with Gasteiger partial charge in [-0.25, -0.2) is 9.59 Å². The van der Waals surface area contributed by atoms with E-state index >= 15 is 0 Å². The number of hydrogen-bond donors (Lipinski definition) is 1. The maximum absolute atomic E-state index is 12.6. The molecule has 182 valence electrons. The zero-order valence-corrected chi connectivity index (χ0v) is 20.5. The lowest BCUT2D eigenvalue weighted by Crippen LogP contribution is -2.38. The van der Waals surface area contributed by atoms with Crippen LogP contribution in [0.1, 0.15) is 28.3 Å². The van der Waals surface area contributed by atoms with Crippen LogP contribution in [0, 0.1) is 0 Å². The molecule has 1 N–H and O–H groups in total. The van der Waals surface area contributed by atoms with Crippen LogP contribution in [-0.4, -0.2) is 35.4 Å². The molecule has 0 aliphatic carbocycles. The van der Waals surface area contributed by atoms with E-state index in [1.807, 2.05) is 24.3 Å². The molecule has 10 heteroatoms. The van der Waals surface area contributed by atoms with Crippen LogP contribution in [0.4, 0.5) is 4.79 Å². The van der Waals surface area contributed by atoms with Crippen molar-refractivity contribution < 1.29 is 29.0 Å². The van der Waals surface area contributed by atoms with Crippen molar-refractivity contribution in [3.63, 3.8) is 0 Å². The molecule has 1 aliphatic rings. The van der Waals surface area contributed by atoms with Crippen LogP contribution >= 0.6 is 34.8 Å². The van der Waals surface area contributed by atoms with Crippen LogP contribution in [-0.2, 0) is 27.4 Å². The van der Waals surface area contributed by atoms with Gasteiger partial charge in [-0.15, -0.1) is 5.06 Å². The number of halogens is 3. The number of nitrogens with zero attached hydrogens (tertiary/aromatic N) is 1. The number of benzene rings is 3. The Hall–Kier alpha value is -2.97. The maximum Gasteiger partial charge on any atom is 0.528 e. The number of aliphatic carboxylic acids is 1.